The molecule has 0 atom stereocenters. The van der Waals surface area contributed by atoms with Crippen molar-refractivity contribution in [2.45, 2.75) is 13.5 Å². The monoisotopic (exact) mass is 281 g/mol. The number of benzene rings is 1. The van der Waals surface area contributed by atoms with Crippen LogP contribution in [0.15, 0.2) is 28.9 Å². The molecule has 0 spiro atoms. The summed E-state index contributed by atoms with van der Waals surface area (Å²) in [6.07, 6.45) is 1.24. The lowest BCUT2D eigenvalue weighted by atomic mass is 10.2. The van der Waals surface area contributed by atoms with Gasteiger partial charge in [-0.05, 0) is 24.6 Å². The van der Waals surface area contributed by atoms with Crippen LogP contribution in [0, 0.1) is 18.6 Å². The van der Waals surface area contributed by atoms with Crippen LogP contribution in [0.25, 0.3) is 0 Å². The second kappa shape index (κ2) is 5.73. The Bertz CT molecular complexity index is 637. The van der Waals surface area contributed by atoms with Gasteiger partial charge in [0.15, 0.2) is 0 Å². The lowest BCUT2D eigenvalue weighted by molar-refractivity contribution is 0.0600. The van der Waals surface area contributed by atoms with Crippen LogP contribution in [-0.2, 0) is 11.3 Å². The maximum atomic E-state index is 13.6. The van der Waals surface area contributed by atoms with Crippen LogP contribution in [0.4, 0.5) is 14.5 Å². The van der Waals surface area contributed by atoms with Crippen molar-refractivity contribution in [1.29, 1.82) is 0 Å². The molecule has 0 radical (unpaired) electrons. The zero-order valence-electron chi connectivity index (χ0n) is 11.0. The number of methoxy groups -OCH3 is 1. The van der Waals surface area contributed by atoms with Gasteiger partial charge in [0.2, 0.25) is 0 Å². The third-order valence-corrected chi connectivity index (χ3v) is 2.78. The molecule has 1 N–H and O–H groups in total. The minimum atomic E-state index is -0.552. The molecule has 0 saturated carbocycles. The fourth-order valence-electron chi connectivity index (χ4n) is 1.66. The molecule has 0 saturated heterocycles. The largest absolute Gasteiger partial charge is 0.467 e. The SMILES string of the molecule is COC(=O)c1coc(CNc2cc(F)c(C)cc2F)c1. The summed E-state index contributed by atoms with van der Waals surface area (Å²) in [5, 5.41) is 2.71. The van der Waals surface area contributed by atoms with Gasteiger partial charge in [-0.2, -0.15) is 0 Å². The average molecular weight is 281 g/mol. The van der Waals surface area contributed by atoms with Gasteiger partial charge in [-0.1, -0.05) is 0 Å². The van der Waals surface area contributed by atoms with Gasteiger partial charge in [0.05, 0.1) is 24.9 Å². The summed E-state index contributed by atoms with van der Waals surface area (Å²) < 4.78 is 36.6. The summed E-state index contributed by atoms with van der Waals surface area (Å²) >= 11 is 0. The van der Waals surface area contributed by atoms with E-state index in [1.165, 1.54) is 26.4 Å². The molecule has 0 unspecified atom stereocenters. The maximum absolute atomic E-state index is 13.6. The Morgan fingerprint density at radius 3 is 2.75 bits per heavy atom. The number of carbonyl (C=O) groups is 1. The molecule has 0 aliphatic carbocycles. The van der Waals surface area contributed by atoms with Crippen molar-refractivity contribution in [3.05, 3.63) is 53.0 Å². The van der Waals surface area contributed by atoms with Crippen molar-refractivity contribution in [2.75, 3.05) is 12.4 Å². The van der Waals surface area contributed by atoms with Crippen molar-refractivity contribution >= 4 is 11.7 Å². The first kappa shape index (κ1) is 14.0. The van der Waals surface area contributed by atoms with Gasteiger partial charge in [0.1, 0.15) is 23.7 Å². The fraction of sp³-hybridized carbons (Fsp3) is 0.214. The second-order valence-electron chi connectivity index (χ2n) is 4.23. The number of rotatable bonds is 4. The van der Waals surface area contributed by atoms with Crippen molar-refractivity contribution < 1.29 is 22.7 Å². The lowest BCUT2D eigenvalue weighted by Crippen LogP contribution is -2.02. The number of halogens is 2. The number of esters is 1. The Kier molecular flexibility index (Phi) is 4.02. The molecule has 4 nitrogen and oxygen atoms in total. The van der Waals surface area contributed by atoms with E-state index in [-0.39, 0.29) is 23.4 Å². The van der Waals surface area contributed by atoms with Crippen molar-refractivity contribution in [1.82, 2.24) is 0 Å². The van der Waals surface area contributed by atoms with Crippen LogP contribution >= 0.6 is 0 Å². The van der Waals surface area contributed by atoms with E-state index in [4.69, 9.17) is 4.42 Å². The Morgan fingerprint density at radius 2 is 2.05 bits per heavy atom. The summed E-state index contributed by atoms with van der Waals surface area (Å²) in [6.45, 7) is 1.60. The first-order valence-electron chi connectivity index (χ1n) is 5.86. The van der Waals surface area contributed by atoms with Gasteiger partial charge in [-0.25, -0.2) is 13.6 Å². The molecular weight excluding hydrogens is 268 g/mol. The third kappa shape index (κ3) is 2.96. The molecule has 0 aliphatic rings. The maximum Gasteiger partial charge on any atom is 0.341 e. The number of ether oxygens (including phenoxy) is 1. The van der Waals surface area contributed by atoms with Gasteiger partial charge in [-0.15, -0.1) is 0 Å². The molecule has 2 rings (SSSR count). The molecule has 0 fully saturated rings. The molecule has 1 aromatic carbocycles. The smallest absolute Gasteiger partial charge is 0.341 e. The Labute approximate surface area is 114 Å². The minimum absolute atomic E-state index is 0.0316. The van der Waals surface area contributed by atoms with Crippen LogP contribution in [0.2, 0.25) is 0 Å². The Morgan fingerprint density at radius 1 is 1.30 bits per heavy atom. The number of nitrogens with one attached hydrogen (secondary N) is 1. The van der Waals surface area contributed by atoms with E-state index in [1.807, 2.05) is 0 Å². The molecule has 6 heteroatoms. The highest BCUT2D eigenvalue weighted by molar-refractivity contribution is 5.88. The summed E-state index contributed by atoms with van der Waals surface area (Å²) in [6, 6.07) is 3.66. The summed E-state index contributed by atoms with van der Waals surface area (Å²) in [5.74, 6) is -1.16. The van der Waals surface area contributed by atoms with E-state index < -0.39 is 17.6 Å². The van der Waals surface area contributed by atoms with Crippen molar-refractivity contribution in [3.8, 4) is 0 Å². The highest BCUT2D eigenvalue weighted by Crippen LogP contribution is 2.20. The first-order valence-corrected chi connectivity index (χ1v) is 5.86. The second-order valence-corrected chi connectivity index (χ2v) is 4.23. The number of aryl methyl sites for hydroxylation is 1. The van der Waals surface area contributed by atoms with Gasteiger partial charge in [0.25, 0.3) is 0 Å². The van der Waals surface area contributed by atoms with Crippen molar-refractivity contribution in [3.63, 3.8) is 0 Å². The molecule has 106 valence electrons. The van der Waals surface area contributed by atoms with Crippen LogP contribution in [0.1, 0.15) is 21.7 Å². The van der Waals surface area contributed by atoms with E-state index in [9.17, 15) is 13.6 Å². The predicted molar refractivity (Wildman–Crippen MR) is 68.5 cm³/mol. The summed E-state index contributed by atoms with van der Waals surface area (Å²) in [7, 11) is 1.26. The van der Waals surface area contributed by atoms with Gasteiger partial charge in [-0.3, -0.25) is 0 Å². The van der Waals surface area contributed by atoms with E-state index in [2.05, 4.69) is 10.1 Å². The van der Waals surface area contributed by atoms with Gasteiger partial charge >= 0.3 is 5.97 Å². The number of anilines is 1. The zero-order valence-corrected chi connectivity index (χ0v) is 11.0. The van der Waals surface area contributed by atoms with E-state index in [0.717, 1.165) is 12.1 Å². The number of hydrogen-bond acceptors (Lipinski definition) is 4. The van der Waals surface area contributed by atoms with Crippen LogP contribution < -0.4 is 5.32 Å². The van der Waals surface area contributed by atoms with E-state index >= 15 is 0 Å². The van der Waals surface area contributed by atoms with Crippen LogP contribution in [0.5, 0.6) is 0 Å². The molecule has 1 aromatic heterocycles. The highest BCUT2D eigenvalue weighted by atomic mass is 19.1. The normalized spacial score (nSPS) is 10.4. The number of furan rings is 1. The number of hydrogen-bond donors (Lipinski definition) is 1. The Hall–Kier alpha value is -2.37. The van der Waals surface area contributed by atoms with Crippen LogP contribution in [0.3, 0.4) is 0 Å². The topological polar surface area (TPSA) is 51.5 Å². The lowest BCUT2D eigenvalue weighted by Gasteiger charge is -2.07. The average Bonchev–Trinajstić information content (AvgIpc) is 2.89. The molecule has 0 amide bonds. The summed E-state index contributed by atoms with van der Waals surface area (Å²) in [5.41, 5.74) is 0.531. The first-order chi connectivity index (χ1) is 9.51. The summed E-state index contributed by atoms with van der Waals surface area (Å²) in [4.78, 5) is 11.2. The zero-order chi connectivity index (χ0) is 14.7. The Balaban J connectivity index is 2.07. The third-order valence-electron chi connectivity index (χ3n) is 2.78. The molecule has 0 bridgehead atoms. The minimum Gasteiger partial charge on any atom is -0.467 e. The molecule has 20 heavy (non-hydrogen) atoms. The van der Waals surface area contributed by atoms with E-state index in [0.29, 0.717) is 5.76 Å². The van der Waals surface area contributed by atoms with Crippen LogP contribution in [-0.4, -0.2) is 13.1 Å². The number of carbonyl (C=O) groups excluding carboxylic acids is 1. The fourth-order valence-corrected chi connectivity index (χ4v) is 1.66. The standard InChI is InChI=1S/C14H13F2NO3/c1-8-3-12(16)13(5-11(8)15)17-6-10-4-9(7-20-10)14(18)19-2/h3-5,7,17H,6H2,1-2H3. The molecule has 2 aromatic rings. The highest BCUT2D eigenvalue weighted by Gasteiger charge is 2.11. The molecule has 1 heterocycles. The van der Waals surface area contributed by atoms with Crippen molar-refractivity contribution in [2.24, 2.45) is 0 Å². The van der Waals surface area contributed by atoms with Gasteiger partial charge in [0, 0.05) is 6.07 Å². The quantitative estimate of drug-likeness (QED) is 0.874. The molecule has 0 aliphatic heterocycles. The molecular formula is C14H13F2NO3. The van der Waals surface area contributed by atoms with E-state index in [1.54, 1.807) is 0 Å². The predicted octanol–water partition coefficient (Wildman–Crippen LogP) is 3.26. The van der Waals surface area contributed by atoms with Gasteiger partial charge < -0.3 is 14.5 Å².